The van der Waals surface area contributed by atoms with E-state index in [1.54, 1.807) is 24.3 Å². The molecule has 3 heteroatoms. The molecule has 0 aromatic heterocycles. The molecule has 0 aliphatic heterocycles. The van der Waals surface area contributed by atoms with E-state index in [0.717, 1.165) is 5.92 Å². The van der Waals surface area contributed by atoms with Gasteiger partial charge in [0.2, 0.25) is 0 Å². The summed E-state index contributed by atoms with van der Waals surface area (Å²) in [6.07, 6.45) is 6.47. The van der Waals surface area contributed by atoms with E-state index in [4.69, 9.17) is 10.00 Å². The molecule has 0 spiro atoms. The van der Waals surface area contributed by atoms with Crippen LogP contribution in [0.1, 0.15) is 73.4 Å². The van der Waals surface area contributed by atoms with Crippen LogP contribution in [-0.2, 0) is 0 Å². The van der Waals surface area contributed by atoms with Crippen molar-refractivity contribution in [2.24, 2.45) is 11.8 Å². The zero-order valence-electron chi connectivity index (χ0n) is 16.2. The van der Waals surface area contributed by atoms with Gasteiger partial charge in [0.25, 0.3) is 0 Å². The molecule has 0 N–H and O–H groups in total. The van der Waals surface area contributed by atoms with Gasteiger partial charge in [-0.05, 0) is 79.0 Å². The number of benzene rings is 2. The van der Waals surface area contributed by atoms with Crippen molar-refractivity contribution in [2.75, 3.05) is 0 Å². The van der Waals surface area contributed by atoms with Gasteiger partial charge in [-0.15, -0.1) is 0 Å². The number of hydrogen-bond donors (Lipinski definition) is 0. The molecule has 0 saturated heterocycles. The molecular weight excluding hydrogens is 334 g/mol. The maximum Gasteiger partial charge on any atom is 0.343 e. The number of carbonyl (C=O) groups is 1. The Morgan fingerprint density at radius 3 is 2.41 bits per heavy atom. The highest BCUT2D eigenvalue weighted by Gasteiger charge is 2.28. The third kappa shape index (κ3) is 4.77. The van der Waals surface area contributed by atoms with E-state index < -0.39 is 0 Å². The van der Waals surface area contributed by atoms with Crippen LogP contribution in [0.25, 0.3) is 0 Å². The summed E-state index contributed by atoms with van der Waals surface area (Å²) in [5.74, 6) is 2.23. The van der Waals surface area contributed by atoms with Gasteiger partial charge in [0.15, 0.2) is 0 Å². The summed E-state index contributed by atoms with van der Waals surface area (Å²) < 4.78 is 5.40. The van der Waals surface area contributed by atoms with Crippen LogP contribution >= 0.6 is 0 Å². The second-order valence-electron chi connectivity index (χ2n) is 7.70. The van der Waals surface area contributed by atoms with Crippen molar-refractivity contribution in [1.82, 2.24) is 0 Å². The maximum absolute atomic E-state index is 12.3. The summed E-state index contributed by atoms with van der Waals surface area (Å²) in [5, 5.41) is 8.82. The standard InChI is InChI=1S/C24H27NO2/c1-3-4-18-7-14-23(17(2)15-18)20-8-10-21(11-9-20)24(26)27-22-12-5-19(16-25)6-13-22/h5-6,8-13,17-18,23H,3-4,7,14-15H2,1-2H3. The van der Waals surface area contributed by atoms with Gasteiger partial charge < -0.3 is 4.74 Å². The molecule has 1 aliphatic carbocycles. The van der Waals surface area contributed by atoms with Crippen LogP contribution < -0.4 is 4.74 Å². The molecule has 3 nitrogen and oxygen atoms in total. The van der Waals surface area contributed by atoms with Crippen molar-refractivity contribution in [2.45, 2.75) is 51.9 Å². The Morgan fingerprint density at radius 2 is 1.81 bits per heavy atom. The average Bonchev–Trinajstić information content (AvgIpc) is 2.69. The van der Waals surface area contributed by atoms with E-state index in [-0.39, 0.29) is 5.97 Å². The van der Waals surface area contributed by atoms with Gasteiger partial charge in [-0.3, -0.25) is 0 Å². The van der Waals surface area contributed by atoms with Crippen molar-refractivity contribution >= 4 is 5.97 Å². The molecule has 1 fully saturated rings. The largest absolute Gasteiger partial charge is 0.423 e. The highest BCUT2D eigenvalue weighted by atomic mass is 16.5. The summed E-state index contributed by atoms with van der Waals surface area (Å²) in [6.45, 7) is 4.63. The Hall–Kier alpha value is -2.60. The minimum absolute atomic E-state index is 0.369. The SMILES string of the molecule is CCCC1CCC(c2ccc(C(=O)Oc3ccc(C#N)cc3)cc2)C(C)C1. The zero-order valence-corrected chi connectivity index (χ0v) is 16.2. The maximum atomic E-state index is 12.3. The lowest BCUT2D eigenvalue weighted by Crippen LogP contribution is -2.21. The Labute approximate surface area is 162 Å². The van der Waals surface area contributed by atoms with Crippen LogP contribution in [0.3, 0.4) is 0 Å². The van der Waals surface area contributed by atoms with E-state index in [2.05, 4.69) is 26.0 Å². The number of nitrogens with zero attached hydrogens (tertiary/aromatic N) is 1. The van der Waals surface area contributed by atoms with Crippen molar-refractivity contribution in [3.05, 3.63) is 65.2 Å². The average molecular weight is 361 g/mol. The third-order valence-corrected chi connectivity index (χ3v) is 5.74. The van der Waals surface area contributed by atoms with Gasteiger partial charge in [0.1, 0.15) is 5.75 Å². The van der Waals surface area contributed by atoms with E-state index in [1.165, 1.54) is 37.7 Å². The van der Waals surface area contributed by atoms with Crippen molar-refractivity contribution < 1.29 is 9.53 Å². The smallest absolute Gasteiger partial charge is 0.343 e. The number of hydrogen-bond acceptors (Lipinski definition) is 3. The zero-order chi connectivity index (χ0) is 19.2. The van der Waals surface area contributed by atoms with Crippen LogP contribution in [0.4, 0.5) is 0 Å². The van der Waals surface area contributed by atoms with Gasteiger partial charge in [-0.1, -0.05) is 38.8 Å². The topological polar surface area (TPSA) is 50.1 Å². The molecule has 27 heavy (non-hydrogen) atoms. The Morgan fingerprint density at radius 1 is 1.11 bits per heavy atom. The van der Waals surface area contributed by atoms with Gasteiger partial charge in [-0.25, -0.2) is 4.79 Å². The van der Waals surface area contributed by atoms with E-state index in [1.807, 2.05) is 18.2 Å². The minimum Gasteiger partial charge on any atom is -0.423 e. The molecule has 1 aliphatic rings. The van der Waals surface area contributed by atoms with Crippen molar-refractivity contribution in [3.8, 4) is 11.8 Å². The van der Waals surface area contributed by atoms with Crippen LogP contribution in [0.5, 0.6) is 5.75 Å². The fraction of sp³-hybridized carbons (Fsp3) is 0.417. The molecule has 3 atom stereocenters. The van der Waals surface area contributed by atoms with E-state index >= 15 is 0 Å². The van der Waals surface area contributed by atoms with E-state index in [0.29, 0.717) is 28.7 Å². The molecule has 2 aromatic carbocycles. The minimum atomic E-state index is -0.369. The van der Waals surface area contributed by atoms with Gasteiger partial charge in [0.05, 0.1) is 17.2 Å². The van der Waals surface area contributed by atoms with Crippen LogP contribution in [-0.4, -0.2) is 5.97 Å². The molecule has 0 heterocycles. The molecule has 0 bridgehead atoms. The molecule has 3 rings (SSSR count). The number of nitriles is 1. The van der Waals surface area contributed by atoms with Crippen molar-refractivity contribution in [1.29, 1.82) is 5.26 Å². The third-order valence-electron chi connectivity index (χ3n) is 5.74. The molecule has 140 valence electrons. The monoisotopic (exact) mass is 361 g/mol. The molecule has 2 aromatic rings. The number of ether oxygens (including phenoxy) is 1. The molecule has 0 radical (unpaired) electrons. The van der Waals surface area contributed by atoms with Gasteiger partial charge >= 0.3 is 5.97 Å². The molecule has 1 saturated carbocycles. The van der Waals surface area contributed by atoms with Crippen LogP contribution in [0.15, 0.2) is 48.5 Å². The predicted molar refractivity (Wildman–Crippen MR) is 107 cm³/mol. The fourth-order valence-corrected chi connectivity index (χ4v) is 4.30. The lowest BCUT2D eigenvalue weighted by atomic mass is 9.71. The first kappa shape index (κ1) is 19.2. The Kier molecular flexibility index (Phi) is 6.29. The normalized spacial score (nSPS) is 22.0. The first-order chi connectivity index (χ1) is 13.1. The molecule has 3 unspecified atom stereocenters. The second kappa shape index (κ2) is 8.86. The molecular formula is C24H27NO2. The quantitative estimate of drug-likeness (QED) is 0.478. The van der Waals surface area contributed by atoms with Crippen LogP contribution in [0.2, 0.25) is 0 Å². The first-order valence-electron chi connectivity index (χ1n) is 9.93. The summed E-state index contributed by atoms with van der Waals surface area (Å²) in [4.78, 5) is 12.3. The highest BCUT2D eigenvalue weighted by Crippen LogP contribution is 2.41. The summed E-state index contributed by atoms with van der Waals surface area (Å²) in [7, 11) is 0. The fourth-order valence-electron chi connectivity index (χ4n) is 4.30. The van der Waals surface area contributed by atoms with Crippen LogP contribution in [0, 0.1) is 23.2 Å². The lowest BCUT2D eigenvalue weighted by molar-refractivity contribution is 0.0734. The number of esters is 1. The predicted octanol–water partition coefficient (Wildman–Crippen LogP) is 6.10. The molecule has 0 amide bonds. The van der Waals surface area contributed by atoms with Gasteiger partial charge in [-0.2, -0.15) is 5.26 Å². The summed E-state index contributed by atoms with van der Waals surface area (Å²) in [6, 6.07) is 16.5. The second-order valence-corrected chi connectivity index (χ2v) is 7.70. The highest BCUT2D eigenvalue weighted by molar-refractivity contribution is 5.91. The lowest BCUT2D eigenvalue weighted by Gasteiger charge is -2.34. The first-order valence-corrected chi connectivity index (χ1v) is 9.93. The van der Waals surface area contributed by atoms with Crippen molar-refractivity contribution in [3.63, 3.8) is 0 Å². The summed E-state index contributed by atoms with van der Waals surface area (Å²) >= 11 is 0. The Balaban J connectivity index is 1.62. The van der Waals surface area contributed by atoms with E-state index in [9.17, 15) is 4.79 Å². The Bertz CT molecular complexity index is 802. The number of rotatable bonds is 5. The van der Waals surface area contributed by atoms with Gasteiger partial charge in [0, 0.05) is 0 Å². The number of carbonyl (C=O) groups excluding carboxylic acids is 1. The summed E-state index contributed by atoms with van der Waals surface area (Å²) in [5.41, 5.74) is 2.42.